The summed E-state index contributed by atoms with van der Waals surface area (Å²) < 4.78 is 6.33. The quantitative estimate of drug-likeness (QED) is 0.246. The number of rotatable bonds is 7. The van der Waals surface area contributed by atoms with Crippen LogP contribution in [0.2, 0.25) is 0 Å². The molecule has 0 N–H and O–H groups in total. The molecule has 0 bridgehead atoms. The molecular weight excluding hydrogens is 414 g/mol. The Balaban J connectivity index is 1.50. The fraction of sp³-hybridized carbons (Fsp3) is 0.0938. The molecule has 5 rings (SSSR count). The second kappa shape index (κ2) is 9.65. The molecule has 5 aromatic rings. The van der Waals surface area contributed by atoms with E-state index in [9.17, 15) is 0 Å². The van der Waals surface area contributed by atoms with Gasteiger partial charge in [0.15, 0.2) is 0 Å². The van der Waals surface area contributed by atoms with Crippen molar-refractivity contribution in [1.29, 1.82) is 5.26 Å². The zero-order valence-corrected chi connectivity index (χ0v) is 18.9. The smallest absolute Gasteiger partial charge is 0.119 e. The molecule has 0 amide bonds. The van der Waals surface area contributed by atoms with E-state index < -0.39 is 0 Å². The third-order valence-corrected chi connectivity index (χ3v) is 6.49. The van der Waals surface area contributed by atoms with Crippen LogP contribution in [0, 0.1) is 11.3 Å². The summed E-state index contributed by atoms with van der Waals surface area (Å²) in [5.41, 5.74) is 4.08. The Labute approximate surface area is 200 Å². The molecule has 0 aliphatic rings. The Morgan fingerprint density at radius 3 is 1.62 bits per heavy atom. The Hall–Kier alpha value is -4.35. The van der Waals surface area contributed by atoms with Gasteiger partial charge >= 0.3 is 0 Å². The normalized spacial score (nSPS) is 11.1. The Morgan fingerprint density at radius 2 is 1.09 bits per heavy atom. The van der Waals surface area contributed by atoms with Crippen LogP contribution in [0.15, 0.2) is 127 Å². The van der Waals surface area contributed by atoms with Crippen molar-refractivity contribution >= 4 is 10.8 Å². The minimum Gasteiger partial charge on any atom is -0.494 e. The Morgan fingerprint density at radius 1 is 0.588 bits per heavy atom. The van der Waals surface area contributed by atoms with E-state index in [1.54, 1.807) is 0 Å². The van der Waals surface area contributed by atoms with Gasteiger partial charge in [-0.1, -0.05) is 103 Å². The summed E-state index contributed by atoms with van der Waals surface area (Å²) >= 11 is 0. The molecule has 0 fully saturated rings. The molecule has 0 aliphatic heterocycles. The highest BCUT2D eigenvalue weighted by Gasteiger charge is 2.36. The van der Waals surface area contributed by atoms with E-state index in [2.05, 4.69) is 97.1 Å². The monoisotopic (exact) mass is 439 g/mol. The van der Waals surface area contributed by atoms with Crippen molar-refractivity contribution in [2.75, 3.05) is 6.61 Å². The summed E-state index contributed by atoms with van der Waals surface area (Å²) in [5.74, 6) is 0.834. The van der Waals surface area contributed by atoms with Gasteiger partial charge in [0.25, 0.3) is 0 Å². The van der Waals surface area contributed by atoms with Gasteiger partial charge in [-0.25, -0.2) is 0 Å². The van der Waals surface area contributed by atoms with Crippen molar-refractivity contribution < 1.29 is 4.74 Å². The maximum absolute atomic E-state index is 9.15. The van der Waals surface area contributed by atoms with Crippen molar-refractivity contribution in [3.8, 4) is 11.8 Å². The molecule has 5 aromatic carbocycles. The molecule has 0 unspecified atom stereocenters. The van der Waals surface area contributed by atoms with Gasteiger partial charge in [-0.3, -0.25) is 0 Å². The van der Waals surface area contributed by atoms with Crippen LogP contribution < -0.4 is 4.74 Å². The van der Waals surface area contributed by atoms with Gasteiger partial charge < -0.3 is 4.74 Å². The molecule has 0 radical (unpaired) electrons. The predicted octanol–water partition coefficient (Wildman–Crippen LogP) is 7.51. The number of nitrogens with zero attached hydrogens (tertiary/aromatic N) is 1. The number of benzene rings is 5. The first-order valence-corrected chi connectivity index (χ1v) is 11.5. The largest absolute Gasteiger partial charge is 0.494 e. The topological polar surface area (TPSA) is 33.0 Å². The lowest BCUT2D eigenvalue weighted by Crippen LogP contribution is -2.31. The summed E-state index contributed by atoms with van der Waals surface area (Å²) in [7, 11) is 0. The van der Waals surface area contributed by atoms with Crippen molar-refractivity contribution in [3.63, 3.8) is 0 Å². The van der Waals surface area contributed by atoms with Crippen molar-refractivity contribution in [1.82, 2.24) is 0 Å². The van der Waals surface area contributed by atoms with Crippen LogP contribution in [0.5, 0.6) is 5.75 Å². The van der Waals surface area contributed by atoms with Gasteiger partial charge in [0, 0.05) is 5.41 Å². The van der Waals surface area contributed by atoms with E-state index in [0.717, 1.165) is 22.9 Å². The Kier molecular flexibility index (Phi) is 6.10. The van der Waals surface area contributed by atoms with E-state index in [-0.39, 0.29) is 5.41 Å². The third-order valence-electron chi connectivity index (χ3n) is 6.49. The number of fused-ring (bicyclic) bond motifs is 1. The highest BCUT2D eigenvalue weighted by atomic mass is 16.5. The first kappa shape index (κ1) is 21.5. The highest BCUT2D eigenvalue weighted by molar-refractivity contribution is 5.85. The van der Waals surface area contributed by atoms with Crippen molar-refractivity contribution in [2.45, 2.75) is 11.8 Å². The minimum atomic E-state index is -0.331. The lowest BCUT2D eigenvalue weighted by Gasteiger charge is -2.36. The van der Waals surface area contributed by atoms with Gasteiger partial charge in [-0.05, 0) is 58.1 Å². The van der Waals surface area contributed by atoms with E-state index >= 15 is 0 Å². The van der Waals surface area contributed by atoms with E-state index in [1.165, 1.54) is 16.7 Å². The Bertz CT molecular complexity index is 1320. The molecule has 0 atom stereocenters. The van der Waals surface area contributed by atoms with Gasteiger partial charge in [0.2, 0.25) is 0 Å². The average molecular weight is 440 g/mol. The zero-order chi connectivity index (χ0) is 23.2. The number of ether oxygens (including phenoxy) is 1. The maximum atomic E-state index is 9.15. The fourth-order valence-corrected chi connectivity index (χ4v) is 4.81. The maximum Gasteiger partial charge on any atom is 0.119 e. The van der Waals surface area contributed by atoms with Gasteiger partial charge in [0.05, 0.1) is 18.2 Å². The third kappa shape index (κ3) is 4.17. The molecule has 0 heterocycles. The summed E-state index contributed by atoms with van der Waals surface area (Å²) in [4.78, 5) is 0. The van der Waals surface area contributed by atoms with Crippen LogP contribution in [0.3, 0.4) is 0 Å². The lowest BCUT2D eigenvalue weighted by molar-refractivity contribution is 0.287. The van der Waals surface area contributed by atoms with E-state index in [1.807, 2.05) is 36.4 Å². The summed E-state index contributed by atoms with van der Waals surface area (Å²) in [6.45, 7) is 0.556. The molecule has 0 spiro atoms. The zero-order valence-electron chi connectivity index (χ0n) is 18.9. The fourth-order valence-electron chi connectivity index (χ4n) is 4.81. The average Bonchev–Trinajstić information content (AvgIpc) is 2.92. The van der Waals surface area contributed by atoms with Crippen LogP contribution in [-0.4, -0.2) is 6.61 Å². The summed E-state index contributed by atoms with van der Waals surface area (Å²) in [6.07, 6.45) is 0.788. The van der Waals surface area contributed by atoms with Crippen LogP contribution in [-0.2, 0) is 5.41 Å². The standard InChI is InChI=1S/C32H25NO/c33-24-25-16-17-27-23-31(19-18-26(27)22-25)34-21-20-32(28-10-4-1-5-11-28,29-12-6-2-7-13-29)30-14-8-3-9-15-30/h1-19,22-23H,20-21H2. The van der Waals surface area contributed by atoms with Crippen molar-refractivity contribution in [2.24, 2.45) is 0 Å². The van der Waals surface area contributed by atoms with Crippen LogP contribution in [0.25, 0.3) is 10.8 Å². The molecule has 2 nitrogen and oxygen atoms in total. The molecule has 34 heavy (non-hydrogen) atoms. The van der Waals surface area contributed by atoms with Crippen molar-refractivity contribution in [3.05, 3.63) is 150 Å². The van der Waals surface area contributed by atoms with Gasteiger partial charge in [-0.15, -0.1) is 0 Å². The first-order chi connectivity index (χ1) is 16.8. The SMILES string of the molecule is N#Cc1ccc2cc(OCCC(c3ccccc3)(c3ccccc3)c3ccccc3)ccc2c1. The predicted molar refractivity (Wildman–Crippen MR) is 138 cm³/mol. The lowest BCUT2D eigenvalue weighted by atomic mass is 9.67. The minimum absolute atomic E-state index is 0.331. The van der Waals surface area contributed by atoms with E-state index in [4.69, 9.17) is 10.00 Å². The first-order valence-electron chi connectivity index (χ1n) is 11.5. The number of hydrogen-bond acceptors (Lipinski definition) is 2. The number of hydrogen-bond donors (Lipinski definition) is 0. The molecular formula is C32H25NO. The van der Waals surface area contributed by atoms with Crippen LogP contribution >= 0.6 is 0 Å². The van der Waals surface area contributed by atoms with E-state index in [0.29, 0.717) is 12.2 Å². The molecule has 0 saturated carbocycles. The van der Waals surface area contributed by atoms with Crippen LogP contribution in [0.4, 0.5) is 0 Å². The van der Waals surface area contributed by atoms with Crippen LogP contribution in [0.1, 0.15) is 28.7 Å². The second-order valence-electron chi connectivity index (χ2n) is 8.44. The molecule has 2 heteroatoms. The summed E-state index contributed by atoms with van der Waals surface area (Å²) in [6, 6.07) is 46.1. The van der Waals surface area contributed by atoms with Gasteiger partial charge in [-0.2, -0.15) is 5.26 Å². The number of nitriles is 1. The van der Waals surface area contributed by atoms with Gasteiger partial charge in [0.1, 0.15) is 5.75 Å². The molecule has 0 aromatic heterocycles. The second-order valence-corrected chi connectivity index (χ2v) is 8.44. The highest BCUT2D eigenvalue weighted by Crippen LogP contribution is 2.42. The molecule has 0 aliphatic carbocycles. The summed E-state index contributed by atoms with van der Waals surface area (Å²) in [5, 5.41) is 11.3. The molecule has 164 valence electrons. The molecule has 0 saturated heterocycles.